The van der Waals surface area contributed by atoms with Gasteiger partial charge in [-0.15, -0.1) is 0 Å². The Kier molecular flexibility index (Phi) is 12.5. The second-order valence-corrected chi connectivity index (χ2v) is 16.5. The Morgan fingerprint density at radius 2 is 1.90 bits per heavy atom. The minimum Gasteiger partial charge on any atom is -0.475 e. The number of rotatable bonds is 13. The Hall–Kier alpha value is -5.63. The lowest BCUT2D eigenvalue weighted by molar-refractivity contribution is -0.140. The van der Waals surface area contributed by atoms with Gasteiger partial charge in [-0.1, -0.05) is 36.1 Å². The summed E-state index contributed by atoms with van der Waals surface area (Å²) in [4.78, 5) is 34.4. The second kappa shape index (κ2) is 17.7. The fourth-order valence-electron chi connectivity index (χ4n) is 8.45. The number of amides is 1. The maximum atomic E-state index is 17.9. The van der Waals surface area contributed by atoms with Gasteiger partial charge in [-0.3, -0.25) is 4.79 Å². The number of likely N-dealkylation sites (N-methyl/N-ethyl adjacent to an activating group) is 1. The predicted octanol–water partition coefficient (Wildman–Crippen LogP) is 7.83. The van der Waals surface area contributed by atoms with Gasteiger partial charge in [-0.25, -0.2) is 14.2 Å². The summed E-state index contributed by atoms with van der Waals surface area (Å²) in [5, 5.41) is 15.7. The van der Waals surface area contributed by atoms with Crippen LogP contribution in [-0.4, -0.2) is 98.3 Å². The minimum absolute atomic E-state index is 0.00465. The van der Waals surface area contributed by atoms with Crippen molar-refractivity contribution in [3.8, 4) is 40.7 Å². The molecule has 13 heteroatoms. The Morgan fingerprint density at radius 3 is 2.63 bits per heavy atom. The van der Waals surface area contributed by atoms with E-state index in [-0.39, 0.29) is 80.0 Å². The normalized spacial score (nSPS) is 19.8. The summed E-state index contributed by atoms with van der Waals surface area (Å²) in [5.74, 6) is 6.19. The monoisotopic (exact) mass is 805 g/mol. The highest BCUT2D eigenvalue weighted by molar-refractivity contribution is 6.04. The number of aromatic nitrogens is 1. The van der Waals surface area contributed by atoms with Crippen LogP contribution in [0.25, 0.3) is 32.8 Å². The third kappa shape index (κ3) is 8.87. The predicted molar refractivity (Wildman–Crippen MR) is 223 cm³/mol. The fourth-order valence-corrected chi connectivity index (χ4v) is 8.45. The number of ether oxygens (including phenoxy) is 5. The molecule has 1 saturated carbocycles. The lowest BCUT2D eigenvalue weighted by atomic mass is 9.79. The number of hydrogen-bond donors (Lipinski definition) is 1. The van der Waals surface area contributed by atoms with E-state index in [0.29, 0.717) is 52.2 Å². The average molecular weight is 806 g/mol. The molecule has 4 fully saturated rings. The van der Waals surface area contributed by atoms with Gasteiger partial charge in [-0.2, -0.15) is 5.26 Å². The van der Waals surface area contributed by atoms with Crippen LogP contribution >= 0.6 is 0 Å². The summed E-state index contributed by atoms with van der Waals surface area (Å²) in [5.41, 5.74) is 1.86. The molecule has 0 radical (unpaired) electrons. The van der Waals surface area contributed by atoms with Gasteiger partial charge in [0.2, 0.25) is 5.88 Å². The Bertz CT molecular complexity index is 2340. The van der Waals surface area contributed by atoms with Crippen LogP contribution in [0.4, 0.5) is 14.9 Å². The molecule has 4 aromatic rings. The summed E-state index contributed by atoms with van der Waals surface area (Å²) in [6, 6.07) is 15.3. The highest BCUT2D eigenvalue weighted by atomic mass is 19.1. The van der Waals surface area contributed by atoms with Crippen molar-refractivity contribution in [2.45, 2.75) is 89.4 Å². The summed E-state index contributed by atoms with van der Waals surface area (Å²) < 4.78 is 46.2. The van der Waals surface area contributed by atoms with Crippen LogP contribution in [-0.2, 0) is 25.4 Å². The Morgan fingerprint density at radius 1 is 1.08 bits per heavy atom. The van der Waals surface area contributed by atoms with Crippen molar-refractivity contribution in [1.29, 1.82) is 5.26 Å². The molecule has 1 aromatic heterocycles. The van der Waals surface area contributed by atoms with Gasteiger partial charge in [0, 0.05) is 49.4 Å². The molecule has 1 amide bonds. The van der Waals surface area contributed by atoms with E-state index in [1.165, 1.54) is 14.2 Å². The number of carbonyl (C=O) groups is 2. The molecule has 4 atom stereocenters. The maximum absolute atomic E-state index is 17.9. The molecule has 3 aromatic carbocycles. The van der Waals surface area contributed by atoms with Crippen molar-refractivity contribution < 1.29 is 37.7 Å². The number of esters is 1. The van der Waals surface area contributed by atoms with Gasteiger partial charge in [0.25, 0.3) is 0 Å². The first-order valence-electron chi connectivity index (χ1n) is 20.3. The molecule has 3 saturated heterocycles. The number of pyridine rings is 1. The van der Waals surface area contributed by atoms with Crippen molar-refractivity contribution in [3.05, 3.63) is 59.4 Å². The van der Waals surface area contributed by atoms with Crippen LogP contribution in [0, 0.1) is 34.9 Å². The summed E-state index contributed by atoms with van der Waals surface area (Å²) in [6.07, 6.45) is 3.08. The molecular formula is C46H52FN5O7. The molecule has 4 aliphatic rings. The van der Waals surface area contributed by atoms with E-state index in [1.54, 1.807) is 11.0 Å². The van der Waals surface area contributed by atoms with E-state index in [2.05, 4.69) is 35.2 Å². The Balaban J connectivity index is 1.44. The van der Waals surface area contributed by atoms with Gasteiger partial charge in [0.05, 0.1) is 37.4 Å². The van der Waals surface area contributed by atoms with Crippen LogP contribution in [0.1, 0.15) is 70.4 Å². The van der Waals surface area contributed by atoms with Gasteiger partial charge < -0.3 is 38.8 Å². The van der Waals surface area contributed by atoms with Crippen LogP contribution in [0.3, 0.4) is 0 Å². The molecule has 3 aliphatic heterocycles. The van der Waals surface area contributed by atoms with Crippen molar-refractivity contribution in [3.63, 3.8) is 0 Å². The number of nitriles is 1. The number of carbonyl (C=O) groups excluding carboxylic acids is 2. The smallest absolute Gasteiger partial charge is 0.410 e. The summed E-state index contributed by atoms with van der Waals surface area (Å²) >= 11 is 0. The molecule has 1 N–H and O–H groups in total. The van der Waals surface area contributed by atoms with E-state index >= 15 is 4.39 Å². The number of methoxy groups -OCH3 is 2. The minimum atomic E-state index is -0.656. The van der Waals surface area contributed by atoms with Crippen LogP contribution in [0.2, 0.25) is 0 Å². The molecule has 0 spiro atoms. The van der Waals surface area contributed by atoms with Crippen molar-refractivity contribution in [2.24, 2.45) is 5.92 Å². The van der Waals surface area contributed by atoms with E-state index in [4.69, 9.17) is 28.7 Å². The standard InChI is InChI=1S/C46H52FN5O7/c1-46(2,3)59-45(54)52-25-30-23-37(52)41(30)49-42-34(17-9-10-18-38(53)56-6)44(57-26-31-15-12-20-51(31)4)50-43-36(42)22-29(14-11-19-48)39(40(43)47)35-24-32(58-27-55-5)21-28-13-7-8-16-33(28)35/h7-8,13,16,21-22,24,30-31,37,41H,10-12,14-15,18,20,23,25-27H2,1-6H3,(H,49,50)/t30?,31-,37?,41?/m0/s1. The van der Waals surface area contributed by atoms with Gasteiger partial charge in [0.1, 0.15) is 29.0 Å². The number of halogens is 1. The highest BCUT2D eigenvalue weighted by Gasteiger charge is 2.55. The fraction of sp³-hybridized carbons (Fsp3) is 0.478. The zero-order chi connectivity index (χ0) is 41.8. The first-order valence-corrected chi connectivity index (χ1v) is 20.3. The van der Waals surface area contributed by atoms with E-state index < -0.39 is 11.4 Å². The first-order chi connectivity index (χ1) is 28.4. The number of likely N-dealkylation sites (tertiary alicyclic amines) is 1. The largest absolute Gasteiger partial charge is 0.475 e. The lowest BCUT2D eigenvalue weighted by Crippen LogP contribution is -2.50. The summed E-state index contributed by atoms with van der Waals surface area (Å²) in [7, 11) is 4.93. The van der Waals surface area contributed by atoms with E-state index in [9.17, 15) is 14.9 Å². The quantitative estimate of drug-likeness (QED) is 0.0805. The molecule has 59 heavy (non-hydrogen) atoms. The lowest BCUT2D eigenvalue weighted by Gasteiger charge is -2.38. The number of hydrogen-bond acceptors (Lipinski definition) is 11. The molecule has 310 valence electrons. The third-order valence-corrected chi connectivity index (χ3v) is 11.4. The van der Waals surface area contributed by atoms with Crippen LogP contribution < -0.4 is 14.8 Å². The molecule has 1 aliphatic carbocycles. The molecule has 8 rings (SSSR count). The van der Waals surface area contributed by atoms with Gasteiger partial charge in [0.15, 0.2) is 12.6 Å². The van der Waals surface area contributed by atoms with E-state index in [1.807, 2.05) is 57.2 Å². The van der Waals surface area contributed by atoms with Crippen molar-refractivity contribution in [1.82, 2.24) is 14.8 Å². The number of nitrogens with zero attached hydrogens (tertiary/aromatic N) is 4. The molecule has 12 nitrogen and oxygen atoms in total. The number of anilines is 1. The molecule has 2 bridgehead atoms. The number of benzene rings is 3. The molecule has 3 unspecified atom stereocenters. The average Bonchev–Trinajstić information content (AvgIpc) is 3.94. The second-order valence-electron chi connectivity index (χ2n) is 16.5. The summed E-state index contributed by atoms with van der Waals surface area (Å²) in [6.45, 7) is 7.30. The SMILES string of the molecule is COCOc1cc(-c2c(CCC#N)cc3c(NC4C5CC4N(C(=O)OC(C)(C)C)C5)c(C#CCCC(=O)OC)c(OC[C@@H]4CCCN4C)nc3c2F)c2ccccc2c1. The van der Waals surface area contributed by atoms with E-state index in [0.717, 1.165) is 36.6 Å². The molecular weight excluding hydrogens is 754 g/mol. The van der Waals surface area contributed by atoms with Crippen LogP contribution in [0.5, 0.6) is 11.6 Å². The first kappa shape index (κ1) is 41.5. The number of nitrogens with one attached hydrogen (secondary N) is 1. The topological polar surface area (TPSA) is 135 Å². The maximum Gasteiger partial charge on any atom is 0.410 e. The zero-order valence-corrected chi connectivity index (χ0v) is 34.7. The third-order valence-electron chi connectivity index (χ3n) is 11.4. The van der Waals surface area contributed by atoms with Crippen molar-refractivity contribution in [2.75, 3.05) is 53.1 Å². The van der Waals surface area contributed by atoms with Crippen LogP contribution in [0.15, 0.2) is 42.5 Å². The van der Waals surface area contributed by atoms with Gasteiger partial charge >= 0.3 is 12.1 Å². The number of aryl methyl sites for hydroxylation is 1. The van der Waals surface area contributed by atoms with Crippen molar-refractivity contribution >= 4 is 39.4 Å². The Labute approximate surface area is 344 Å². The van der Waals surface area contributed by atoms with Gasteiger partial charge in [-0.05, 0) is 100 Å². The zero-order valence-electron chi connectivity index (χ0n) is 34.7. The highest BCUT2D eigenvalue weighted by Crippen LogP contribution is 2.47. The molecule has 4 heterocycles. The number of fused-ring (bicyclic) bond motifs is 3.